The van der Waals surface area contributed by atoms with E-state index in [1.807, 2.05) is 25.1 Å². The van der Waals surface area contributed by atoms with Crippen LogP contribution in [0.5, 0.6) is 11.5 Å². The van der Waals surface area contributed by atoms with E-state index in [2.05, 4.69) is 21.2 Å². The topological polar surface area (TPSA) is 47.6 Å². The van der Waals surface area contributed by atoms with E-state index in [4.69, 9.17) is 9.47 Å². The minimum atomic E-state index is -0.244. The molecule has 4 nitrogen and oxygen atoms in total. The average Bonchev–Trinajstić information content (AvgIpc) is 2.50. The van der Waals surface area contributed by atoms with Crippen LogP contribution in [0.15, 0.2) is 40.9 Å². The number of ether oxygens (including phenoxy) is 2. The van der Waals surface area contributed by atoms with Gasteiger partial charge in [-0.2, -0.15) is 0 Å². The summed E-state index contributed by atoms with van der Waals surface area (Å²) < 4.78 is 11.3. The summed E-state index contributed by atoms with van der Waals surface area (Å²) in [5, 5.41) is 2.89. The molecule has 2 rings (SSSR count). The number of anilines is 1. The molecule has 0 aromatic heterocycles. The van der Waals surface area contributed by atoms with Crippen LogP contribution < -0.4 is 14.8 Å². The summed E-state index contributed by atoms with van der Waals surface area (Å²) in [5.41, 5.74) is 2.16. The highest BCUT2D eigenvalue weighted by atomic mass is 79.9. The van der Waals surface area contributed by atoms with Crippen LogP contribution in [0.2, 0.25) is 0 Å². The second-order valence-electron chi connectivity index (χ2n) is 4.48. The first-order valence-electron chi connectivity index (χ1n) is 6.34. The van der Waals surface area contributed by atoms with Crippen molar-refractivity contribution in [1.82, 2.24) is 0 Å². The Kier molecular flexibility index (Phi) is 4.85. The van der Waals surface area contributed by atoms with Crippen LogP contribution in [0.3, 0.4) is 0 Å². The summed E-state index contributed by atoms with van der Waals surface area (Å²) in [7, 11) is 3.09. The third-order valence-electron chi connectivity index (χ3n) is 3.10. The number of nitrogens with one attached hydrogen (secondary N) is 1. The lowest BCUT2D eigenvalue weighted by atomic mass is 10.1. The number of rotatable bonds is 4. The number of methoxy groups -OCH3 is 2. The largest absolute Gasteiger partial charge is 0.497 e. The van der Waals surface area contributed by atoms with Crippen molar-refractivity contribution < 1.29 is 14.3 Å². The third-order valence-corrected chi connectivity index (χ3v) is 3.59. The fourth-order valence-corrected chi connectivity index (χ4v) is 2.27. The smallest absolute Gasteiger partial charge is 0.259 e. The molecule has 1 amide bonds. The van der Waals surface area contributed by atoms with E-state index in [0.29, 0.717) is 17.1 Å². The molecule has 0 fully saturated rings. The normalized spacial score (nSPS) is 10.1. The highest BCUT2D eigenvalue weighted by Gasteiger charge is 2.14. The Morgan fingerprint density at radius 3 is 2.52 bits per heavy atom. The molecule has 2 aromatic rings. The van der Waals surface area contributed by atoms with E-state index in [9.17, 15) is 4.79 Å². The van der Waals surface area contributed by atoms with E-state index in [0.717, 1.165) is 15.7 Å². The van der Waals surface area contributed by atoms with Crippen LogP contribution in [0.25, 0.3) is 0 Å². The van der Waals surface area contributed by atoms with Gasteiger partial charge in [-0.3, -0.25) is 4.79 Å². The first-order valence-corrected chi connectivity index (χ1v) is 7.14. The second kappa shape index (κ2) is 6.63. The number of halogens is 1. The highest BCUT2D eigenvalue weighted by molar-refractivity contribution is 9.10. The first-order chi connectivity index (χ1) is 10.0. The molecule has 0 saturated carbocycles. The molecule has 0 aliphatic rings. The maximum Gasteiger partial charge on any atom is 0.259 e. The lowest BCUT2D eigenvalue weighted by Crippen LogP contribution is -2.14. The zero-order valence-electron chi connectivity index (χ0n) is 12.1. The summed E-state index contributed by atoms with van der Waals surface area (Å²) in [6.45, 7) is 1.94. The molecule has 21 heavy (non-hydrogen) atoms. The van der Waals surface area contributed by atoms with Gasteiger partial charge in [0, 0.05) is 10.2 Å². The van der Waals surface area contributed by atoms with Gasteiger partial charge in [0.05, 0.1) is 19.8 Å². The van der Waals surface area contributed by atoms with Gasteiger partial charge in [-0.25, -0.2) is 0 Å². The molecule has 0 aliphatic heterocycles. The number of hydrogen-bond donors (Lipinski definition) is 1. The SMILES string of the molecule is COc1ccc(OC)c(C(=O)Nc2cc(Br)ccc2C)c1. The number of aryl methyl sites for hydroxylation is 1. The molecule has 5 heteroatoms. The van der Waals surface area contributed by atoms with E-state index < -0.39 is 0 Å². The summed E-state index contributed by atoms with van der Waals surface area (Å²) in [6.07, 6.45) is 0. The van der Waals surface area contributed by atoms with Crippen molar-refractivity contribution in [3.8, 4) is 11.5 Å². The molecule has 0 unspecified atom stereocenters. The molecule has 110 valence electrons. The third kappa shape index (κ3) is 3.55. The Hall–Kier alpha value is -2.01. The van der Waals surface area contributed by atoms with Crippen LogP contribution in [0.4, 0.5) is 5.69 Å². The van der Waals surface area contributed by atoms with Gasteiger partial charge in [0.15, 0.2) is 0 Å². The van der Waals surface area contributed by atoms with Gasteiger partial charge >= 0.3 is 0 Å². The maximum atomic E-state index is 12.5. The molecule has 2 aromatic carbocycles. The maximum absolute atomic E-state index is 12.5. The van der Waals surface area contributed by atoms with Gasteiger partial charge in [-0.15, -0.1) is 0 Å². The Labute approximate surface area is 132 Å². The van der Waals surface area contributed by atoms with E-state index >= 15 is 0 Å². The van der Waals surface area contributed by atoms with Gasteiger partial charge in [-0.1, -0.05) is 22.0 Å². The van der Waals surface area contributed by atoms with Crippen molar-refractivity contribution in [3.05, 3.63) is 52.0 Å². The first kappa shape index (κ1) is 15.4. The van der Waals surface area contributed by atoms with E-state index in [-0.39, 0.29) is 5.91 Å². The van der Waals surface area contributed by atoms with Crippen LogP contribution in [0.1, 0.15) is 15.9 Å². The number of hydrogen-bond acceptors (Lipinski definition) is 3. The van der Waals surface area contributed by atoms with E-state index in [1.54, 1.807) is 25.3 Å². The fraction of sp³-hybridized carbons (Fsp3) is 0.188. The number of carbonyl (C=O) groups excluding carboxylic acids is 1. The predicted octanol–water partition coefficient (Wildman–Crippen LogP) is 4.03. The minimum Gasteiger partial charge on any atom is -0.497 e. The van der Waals surface area contributed by atoms with Crippen LogP contribution in [0, 0.1) is 6.92 Å². The van der Waals surface area contributed by atoms with Crippen LogP contribution >= 0.6 is 15.9 Å². The van der Waals surface area contributed by atoms with E-state index in [1.165, 1.54) is 7.11 Å². The monoisotopic (exact) mass is 349 g/mol. The predicted molar refractivity (Wildman–Crippen MR) is 86.4 cm³/mol. The molecular weight excluding hydrogens is 334 g/mol. The van der Waals surface area contributed by atoms with Gasteiger partial charge < -0.3 is 14.8 Å². The Morgan fingerprint density at radius 1 is 1.10 bits per heavy atom. The highest BCUT2D eigenvalue weighted by Crippen LogP contribution is 2.26. The van der Waals surface area contributed by atoms with Crippen molar-refractivity contribution in [2.75, 3.05) is 19.5 Å². The van der Waals surface area contributed by atoms with Gasteiger partial charge in [-0.05, 0) is 42.8 Å². The molecule has 0 aliphatic carbocycles. The molecule has 0 heterocycles. The van der Waals surface area contributed by atoms with Crippen molar-refractivity contribution in [2.45, 2.75) is 6.92 Å². The summed E-state index contributed by atoms with van der Waals surface area (Å²) in [5.74, 6) is 0.861. The molecule has 0 radical (unpaired) electrons. The zero-order valence-corrected chi connectivity index (χ0v) is 13.7. The van der Waals surface area contributed by atoms with Crippen molar-refractivity contribution in [2.24, 2.45) is 0 Å². The van der Waals surface area contributed by atoms with Gasteiger partial charge in [0.25, 0.3) is 5.91 Å². The van der Waals surface area contributed by atoms with Gasteiger partial charge in [0.1, 0.15) is 11.5 Å². The second-order valence-corrected chi connectivity index (χ2v) is 5.40. The molecule has 0 atom stereocenters. The molecule has 1 N–H and O–H groups in total. The number of carbonyl (C=O) groups is 1. The summed E-state index contributed by atoms with van der Waals surface area (Å²) in [6, 6.07) is 10.8. The lowest BCUT2D eigenvalue weighted by Gasteiger charge is -2.12. The Bertz CT molecular complexity index is 671. The molecule has 0 saturated heterocycles. The summed E-state index contributed by atoms with van der Waals surface area (Å²) in [4.78, 5) is 12.5. The summed E-state index contributed by atoms with van der Waals surface area (Å²) >= 11 is 3.40. The minimum absolute atomic E-state index is 0.244. The van der Waals surface area contributed by atoms with Crippen LogP contribution in [-0.2, 0) is 0 Å². The van der Waals surface area contributed by atoms with Crippen LogP contribution in [-0.4, -0.2) is 20.1 Å². The zero-order chi connectivity index (χ0) is 15.4. The Balaban J connectivity index is 2.33. The quantitative estimate of drug-likeness (QED) is 0.906. The standard InChI is InChI=1S/C16H16BrNO3/c1-10-4-5-11(17)8-14(10)18-16(19)13-9-12(20-2)6-7-15(13)21-3/h4-9H,1-3H3,(H,18,19). The van der Waals surface area contributed by atoms with Crippen molar-refractivity contribution in [3.63, 3.8) is 0 Å². The number of amides is 1. The Morgan fingerprint density at radius 2 is 1.86 bits per heavy atom. The van der Waals surface area contributed by atoms with Crippen molar-refractivity contribution >= 4 is 27.5 Å². The number of benzene rings is 2. The van der Waals surface area contributed by atoms with Crippen molar-refractivity contribution in [1.29, 1.82) is 0 Å². The van der Waals surface area contributed by atoms with Gasteiger partial charge in [0.2, 0.25) is 0 Å². The average molecular weight is 350 g/mol. The molecule has 0 spiro atoms. The molecule has 0 bridgehead atoms. The molecular formula is C16H16BrNO3. The fourth-order valence-electron chi connectivity index (χ4n) is 1.91. The lowest BCUT2D eigenvalue weighted by molar-refractivity contribution is 0.102.